The molecule has 0 radical (unpaired) electrons. The Balaban J connectivity index is 0.000000145. The molecular weight excluding hydrogens is 138 g/mol. The van der Waals surface area contributed by atoms with Crippen molar-refractivity contribution in [1.29, 1.82) is 0 Å². The van der Waals surface area contributed by atoms with E-state index in [1.807, 2.05) is 0 Å². The van der Waals surface area contributed by atoms with E-state index in [1.54, 1.807) is 0 Å². The highest BCUT2D eigenvalue weighted by Gasteiger charge is 1.93. The number of hydrogen-bond acceptors (Lipinski definition) is 2. The summed E-state index contributed by atoms with van der Waals surface area (Å²) < 4.78 is 1.28. The summed E-state index contributed by atoms with van der Waals surface area (Å²) in [5, 5.41) is 3.22. The number of thiol groups is 1. The van der Waals surface area contributed by atoms with Gasteiger partial charge < -0.3 is 5.32 Å². The highest BCUT2D eigenvalue weighted by Crippen LogP contribution is 1.90. The minimum Gasteiger partial charge on any atom is -0.317 e. The summed E-state index contributed by atoms with van der Waals surface area (Å²) in [6.45, 7) is 2.50. The first-order chi connectivity index (χ1) is 3.91. The molecule has 1 aliphatic rings. The summed E-state index contributed by atoms with van der Waals surface area (Å²) >= 11 is 7.61. The second-order valence-electron chi connectivity index (χ2n) is 1.56. The van der Waals surface area contributed by atoms with Gasteiger partial charge in [-0.05, 0) is 25.9 Å². The van der Waals surface area contributed by atoms with Gasteiger partial charge in [-0.3, -0.25) is 0 Å². The van der Waals surface area contributed by atoms with Crippen molar-refractivity contribution in [2.45, 2.75) is 12.8 Å². The first-order valence-corrected chi connectivity index (χ1v) is 3.69. The van der Waals surface area contributed by atoms with Crippen LogP contribution in [0.15, 0.2) is 0 Å². The fourth-order valence-corrected chi connectivity index (χ4v) is 0.625. The number of rotatable bonds is 0. The molecule has 0 bridgehead atoms. The van der Waals surface area contributed by atoms with Crippen molar-refractivity contribution >= 4 is 29.5 Å². The SMILES string of the molecule is C1CCNC1.S=CS. The van der Waals surface area contributed by atoms with Crippen LogP contribution in [0.25, 0.3) is 0 Å². The van der Waals surface area contributed by atoms with Crippen LogP contribution in [-0.4, -0.2) is 17.8 Å². The highest BCUT2D eigenvalue weighted by atomic mass is 32.1. The molecule has 1 rings (SSSR count). The lowest BCUT2D eigenvalue weighted by atomic mass is 10.4. The lowest BCUT2D eigenvalue weighted by molar-refractivity contribution is 0.857. The second kappa shape index (κ2) is 7.40. The zero-order valence-corrected chi connectivity index (χ0v) is 6.47. The summed E-state index contributed by atoms with van der Waals surface area (Å²) in [5.74, 6) is 0. The minimum atomic E-state index is 1.25. The standard InChI is InChI=1S/C4H9N.CH2S2/c1-2-4-5-3-1;2-1-3/h5H,1-4H2;1H,(H,2,3). The Morgan fingerprint density at radius 3 is 1.88 bits per heavy atom. The van der Waals surface area contributed by atoms with Gasteiger partial charge in [-0.1, -0.05) is 12.2 Å². The maximum absolute atomic E-state index is 4.13. The van der Waals surface area contributed by atoms with Crippen LogP contribution in [0.4, 0.5) is 0 Å². The van der Waals surface area contributed by atoms with Crippen LogP contribution in [0.1, 0.15) is 12.8 Å². The molecule has 1 nitrogen and oxygen atoms in total. The molecule has 8 heavy (non-hydrogen) atoms. The van der Waals surface area contributed by atoms with Gasteiger partial charge in [0.15, 0.2) is 0 Å². The van der Waals surface area contributed by atoms with Crippen molar-refractivity contribution < 1.29 is 0 Å². The molecule has 1 aliphatic heterocycles. The minimum absolute atomic E-state index is 1.25. The third-order valence-corrected chi connectivity index (χ3v) is 0.957. The van der Waals surface area contributed by atoms with Crippen molar-refractivity contribution in [2.75, 3.05) is 13.1 Å². The first-order valence-electron chi connectivity index (χ1n) is 2.70. The van der Waals surface area contributed by atoms with Gasteiger partial charge in [0.25, 0.3) is 0 Å². The van der Waals surface area contributed by atoms with E-state index < -0.39 is 0 Å². The van der Waals surface area contributed by atoms with Crippen molar-refractivity contribution in [3.63, 3.8) is 0 Å². The quantitative estimate of drug-likeness (QED) is 0.397. The van der Waals surface area contributed by atoms with Crippen LogP contribution in [-0.2, 0) is 0 Å². The highest BCUT2D eigenvalue weighted by molar-refractivity contribution is 8.08. The van der Waals surface area contributed by atoms with E-state index in [0.29, 0.717) is 0 Å². The van der Waals surface area contributed by atoms with Gasteiger partial charge in [0.2, 0.25) is 0 Å². The molecule has 0 unspecified atom stereocenters. The number of nitrogens with one attached hydrogen (secondary N) is 1. The monoisotopic (exact) mass is 149 g/mol. The normalized spacial score (nSPS) is 16.6. The number of thiocarbonyl (C=S) groups is 1. The molecule has 0 aromatic heterocycles. The van der Waals surface area contributed by atoms with Crippen LogP contribution >= 0.6 is 24.8 Å². The molecule has 0 aromatic rings. The smallest absolute Gasteiger partial charge is 0.0310 e. The van der Waals surface area contributed by atoms with E-state index in [4.69, 9.17) is 0 Å². The van der Waals surface area contributed by atoms with E-state index in [0.717, 1.165) is 0 Å². The van der Waals surface area contributed by atoms with Crippen molar-refractivity contribution in [3.8, 4) is 0 Å². The van der Waals surface area contributed by atoms with Crippen LogP contribution in [0.5, 0.6) is 0 Å². The predicted molar refractivity (Wildman–Crippen MR) is 44.7 cm³/mol. The number of hydrogen-bond donors (Lipinski definition) is 2. The van der Waals surface area contributed by atoms with Gasteiger partial charge in [-0.2, -0.15) is 0 Å². The molecule has 1 heterocycles. The van der Waals surface area contributed by atoms with Gasteiger partial charge in [-0.15, -0.1) is 12.6 Å². The van der Waals surface area contributed by atoms with Crippen LogP contribution < -0.4 is 5.32 Å². The molecule has 1 N–H and O–H groups in total. The molecule has 0 aliphatic carbocycles. The van der Waals surface area contributed by atoms with E-state index in [9.17, 15) is 0 Å². The van der Waals surface area contributed by atoms with E-state index >= 15 is 0 Å². The molecule has 1 fully saturated rings. The molecule has 0 spiro atoms. The zero-order chi connectivity index (χ0) is 6.24. The van der Waals surface area contributed by atoms with Crippen molar-refractivity contribution in [1.82, 2.24) is 5.32 Å². The molecular formula is C5H11NS2. The summed E-state index contributed by atoms with van der Waals surface area (Å²) in [6, 6.07) is 0. The first kappa shape index (κ1) is 8.40. The third kappa shape index (κ3) is 6.40. The summed E-state index contributed by atoms with van der Waals surface area (Å²) in [4.78, 5) is 0. The Kier molecular flexibility index (Phi) is 7.77. The molecule has 0 amide bonds. The average molecular weight is 149 g/mol. The Bertz CT molecular complexity index is 44.8. The largest absolute Gasteiger partial charge is 0.317 e. The Labute approximate surface area is 61.3 Å². The van der Waals surface area contributed by atoms with Crippen LogP contribution in [0.2, 0.25) is 0 Å². The van der Waals surface area contributed by atoms with Gasteiger partial charge in [0.05, 0.1) is 0 Å². The Hall–Kier alpha value is 0.400. The van der Waals surface area contributed by atoms with Gasteiger partial charge in [0, 0.05) is 4.70 Å². The van der Waals surface area contributed by atoms with Gasteiger partial charge >= 0.3 is 0 Å². The fraction of sp³-hybridized carbons (Fsp3) is 0.800. The molecule has 0 saturated carbocycles. The summed E-state index contributed by atoms with van der Waals surface area (Å²) in [5.41, 5.74) is 0. The van der Waals surface area contributed by atoms with Crippen LogP contribution in [0, 0.1) is 0 Å². The zero-order valence-electron chi connectivity index (χ0n) is 4.76. The van der Waals surface area contributed by atoms with Crippen molar-refractivity contribution in [2.24, 2.45) is 0 Å². The molecule has 1 saturated heterocycles. The second-order valence-corrected chi connectivity index (χ2v) is 2.41. The van der Waals surface area contributed by atoms with Crippen LogP contribution in [0.3, 0.4) is 0 Å². The maximum atomic E-state index is 4.13. The fourth-order valence-electron chi connectivity index (χ4n) is 0.625. The van der Waals surface area contributed by atoms with E-state index in [1.165, 1.54) is 30.6 Å². The summed E-state index contributed by atoms with van der Waals surface area (Å²) in [7, 11) is 0. The van der Waals surface area contributed by atoms with Gasteiger partial charge in [-0.25, -0.2) is 0 Å². The average Bonchev–Trinajstić information content (AvgIpc) is 2.17. The molecule has 48 valence electrons. The third-order valence-electron chi connectivity index (χ3n) is 0.957. The summed E-state index contributed by atoms with van der Waals surface area (Å²) in [6.07, 6.45) is 2.78. The molecule has 3 heteroatoms. The maximum Gasteiger partial charge on any atom is 0.0310 e. The topological polar surface area (TPSA) is 12.0 Å². The Morgan fingerprint density at radius 1 is 1.38 bits per heavy atom. The van der Waals surface area contributed by atoms with Crippen molar-refractivity contribution in [3.05, 3.63) is 0 Å². The Morgan fingerprint density at radius 2 is 1.75 bits per heavy atom. The van der Waals surface area contributed by atoms with Gasteiger partial charge in [0.1, 0.15) is 0 Å². The lowest BCUT2D eigenvalue weighted by Crippen LogP contribution is -2.03. The predicted octanol–water partition coefficient (Wildman–Crippen LogP) is 1.24. The van der Waals surface area contributed by atoms with E-state index in [-0.39, 0.29) is 0 Å². The van der Waals surface area contributed by atoms with E-state index in [2.05, 4.69) is 30.2 Å². The molecule has 0 atom stereocenters. The molecule has 0 aromatic carbocycles. The lowest BCUT2D eigenvalue weighted by Gasteiger charge is -1.76.